The normalized spacial score (nSPS) is 12.1. The van der Waals surface area contributed by atoms with Gasteiger partial charge in [-0.05, 0) is 42.0 Å². The van der Waals surface area contributed by atoms with E-state index in [1.54, 1.807) is 72.8 Å². The fourth-order valence-electron chi connectivity index (χ4n) is 3.32. The van der Waals surface area contributed by atoms with Gasteiger partial charge < -0.3 is 10.1 Å². The topological polar surface area (TPSA) is 84.1 Å². The van der Waals surface area contributed by atoms with Gasteiger partial charge in [0.1, 0.15) is 16.5 Å². The molecule has 0 bridgehead atoms. The Morgan fingerprint density at radius 1 is 1.06 bits per heavy atom. The van der Waals surface area contributed by atoms with Crippen LogP contribution in [0, 0.1) is 11.3 Å². The quantitative estimate of drug-likeness (QED) is 0.465. The monoisotopic (exact) mass is 487 g/mol. The Bertz CT molecular complexity index is 1580. The Hall–Kier alpha value is -4.12. The molecular weight excluding hydrogens is 470 g/mol. The number of thiazole rings is 1. The molecule has 1 N–H and O–H groups in total. The molecule has 4 rings (SSSR count). The molecule has 0 aliphatic heterocycles. The lowest BCUT2D eigenvalue weighted by Crippen LogP contribution is -2.32. The first kappa shape index (κ1) is 23.1. The molecular formula is C26H18ClN3O3S. The van der Waals surface area contributed by atoms with E-state index in [2.05, 4.69) is 5.32 Å². The third-order valence-electron chi connectivity index (χ3n) is 4.94. The van der Waals surface area contributed by atoms with Gasteiger partial charge in [0, 0.05) is 5.02 Å². The van der Waals surface area contributed by atoms with E-state index in [-0.39, 0.29) is 15.8 Å². The molecule has 0 aliphatic carbocycles. The Morgan fingerprint density at radius 2 is 1.74 bits per heavy atom. The summed E-state index contributed by atoms with van der Waals surface area (Å²) < 4.78 is 7.20. The SMILES string of the molecule is COc1ccccc1NC(=O)/C(C#N)=c1\s/c(=C\c2ccccc2Cl)c(=O)n1-c1ccccc1. The number of para-hydroxylation sites is 3. The molecule has 0 fully saturated rings. The van der Waals surface area contributed by atoms with Crippen molar-refractivity contribution in [2.75, 3.05) is 12.4 Å². The fourth-order valence-corrected chi connectivity index (χ4v) is 4.61. The van der Waals surface area contributed by atoms with Crippen LogP contribution in [0.5, 0.6) is 5.75 Å². The first-order valence-electron chi connectivity index (χ1n) is 10.2. The number of benzene rings is 3. The first-order chi connectivity index (χ1) is 16.5. The number of hydrogen-bond acceptors (Lipinski definition) is 5. The average molecular weight is 488 g/mol. The number of carbonyl (C=O) groups excluding carboxylic acids is 1. The maximum atomic E-state index is 13.4. The molecule has 8 heteroatoms. The molecule has 0 aliphatic rings. The van der Waals surface area contributed by atoms with Crippen molar-refractivity contribution in [3.8, 4) is 17.5 Å². The van der Waals surface area contributed by atoms with Gasteiger partial charge in [-0.25, -0.2) is 0 Å². The van der Waals surface area contributed by atoms with Crippen LogP contribution >= 0.6 is 22.9 Å². The van der Waals surface area contributed by atoms with Gasteiger partial charge in [-0.2, -0.15) is 5.26 Å². The molecule has 0 saturated carbocycles. The van der Waals surface area contributed by atoms with Crippen molar-refractivity contribution in [1.82, 2.24) is 4.57 Å². The number of aromatic nitrogens is 1. The van der Waals surface area contributed by atoms with Crippen LogP contribution in [0.3, 0.4) is 0 Å². The molecule has 0 radical (unpaired) electrons. The van der Waals surface area contributed by atoms with Crippen LogP contribution in [0.15, 0.2) is 83.7 Å². The smallest absolute Gasteiger partial charge is 0.273 e. The van der Waals surface area contributed by atoms with Crippen molar-refractivity contribution in [3.05, 3.63) is 109 Å². The minimum atomic E-state index is -0.651. The number of amides is 1. The van der Waals surface area contributed by atoms with Crippen molar-refractivity contribution in [2.24, 2.45) is 0 Å². The Morgan fingerprint density at radius 3 is 2.44 bits per heavy atom. The summed E-state index contributed by atoms with van der Waals surface area (Å²) in [6.45, 7) is 0. The Labute approximate surface area is 204 Å². The summed E-state index contributed by atoms with van der Waals surface area (Å²) in [4.78, 5) is 26.6. The van der Waals surface area contributed by atoms with Gasteiger partial charge in [-0.15, -0.1) is 11.3 Å². The van der Waals surface area contributed by atoms with Crippen LogP contribution in [0.25, 0.3) is 17.3 Å². The van der Waals surface area contributed by atoms with Crippen LogP contribution in [0.2, 0.25) is 5.02 Å². The van der Waals surface area contributed by atoms with Gasteiger partial charge >= 0.3 is 0 Å². The lowest BCUT2D eigenvalue weighted by Gasteiger charge is -2.09. The van der Waals surface area contributed by atoms with Gasteiger partial charge in [0.05, 0.1) is 23.0 Å². The second-order valence-electron chi connectivity index (χ2n) is 7.05. The third-order valence-corrected chi connectivity index (χ3v) is 6.37. The molecule has 6 nitrogen and oxygen atoms in total. The second-order valence-corrected chi connectivity index (χ2v) is 8.49. The molecule has 168 valence electrons. The van der Waals surface area contributed by atoms with Crippen molar-refractivity contribution >= 4 is 46.2 Å². The molecule has 3 aromatic carbocycles. The fraction of sp³-hybridized carbons (Fsp3) is 0.0385. The number of anilines is 1. The third kappa shape index (κ3) is 4.64. The van der Waals surface area contributed by atoms with E-state index in [0.29, 0.717) is 32.2 Å². The van der Waals surface area contributed by atoms with E-state index in [4.69, 9.17) is 16.3 Å². The molecule has 4 aromatic rings. The van der Waals surface area contributed by atoms with Gasteiger partial charge in [0.25, 0.3) is 11.5 Å². The van der Waals surface area contributed by atoms with Gasteiger partial charge in [-0.3, -0.25) is 14.2 Å². The molecule has 0 saturated heterocycles. The molecule has 1 amide bonds. The number of carbonyl (C=O) groups is 1. The highest BCUT2D eigenvalue weighted by molar-refractivity contribution is 7.07. The number of methoxy groups -OCH3 is 1. The number of nitrogens with zero attached hydrogens (tertiary/aromatic N) is 2. The van der Waals surface area contributed by atoms with E-state index in [0.717, 1.165) is 11.3 Å². The van der Waals surface area contributed by atoms with Crippen LogP contribution in [-0.4, -0.2) is 17.6 Å². The van der Waals surface area contributed by atoms with Crippen molar-refractivity contribution < 1.29 is 9.53 Å². The van der Waals surface area contributed by atoms with Crippen LogP contribution in [0.1, 0.15) is 5.56 Å². The number of hydrogen-bond donors (Lipinski definition) is 1. The second kappa shape index (κ2) is 10.2. The summed E-state index contributed by atoms with van der Waals surface area (Å²) in [6, 6.07) is 24.8. The molecule has 0 unspecified atom stereocenters. The van der Waals surface area contributed by atoms with Gasteiger partial charge in [0.15, 0.2) is 5.57 Å². The number of rotatable bonds is 5. The highest BCUT2D eigenvalue weighted by atomic mass is 35.5. The standard InChI is InChI=1S/C26H18ClN3O3S/c1-33-22-14-8-7-13-21(22)29-24(31)19(16-28)26-30(18-10-3-2-4-11-18)25(32)23(34-26)15-17-9-5-6-12-20(17)27/h2-15H,1H3,(H,29,31)/b23-15-,26-19-. The highest BCUT2D eigenvalue weighted by Gasteiger charge is 2.18. The summed E-state index contributed by atoms with van der Waals surface area (Å²) >= 11 is 7.33. The van der Waals surface area contributed by atoms with E-state index >= 15 is 0 Å². The van der Waals surface area contributed by atoms with Gasteiger partial charge in [0.2, 0.25) is 0 Å². The van der Waals surface area contributed by atoms with E-state index in [9.17, 15) is 14.9 Å². The van der Waals surface area contributed by atoms with Crippen LogP contribution in [0.4, 0.5) is 5.69 Å². The Balaban J connectivity index is 1.97. The number of nitriles is 1. The van der Waals surface area contributed by atoms with Crippen LogP contribution < -0.4 is 24.8 Å². The average Bonchev–Trinajstić information content (AvgIpc) is 3.17. The Kier molecular flexibility index (Phi) is 6.93. The summed E-state index contributed by atoms with van der Waals surface area (Å²) in [5.41, 5.74) is 1.05. The largest absolute Gasteiger partial charge is 0.495 e. The van der Waals surface area contributed by atoms with Gasteiger partial charge in [-0.1, -0.05) is 60.1 Å². The van der Waals surface area contributed by atoms with Crippen molar-refractivity contribution in [2.45, 2.75) is 0 Å². The number of nitrogens with one attached hydrogen (secondary N) is 1. The lowest BCUT2D eigenvalue weighted by atomic mass is 10.2. The first-order valence-corrected chi connectivity index (χ1v) is 11.3. The van der Waals surface area contributed by atoms with Crippen molar-refractivity contribution in [3.63, 3.8) is 0 Å². The zero-order valence-corrected chi connectivity index (χ0v) is 19.6. The lowest BCUT2D eigenvalue weighted by molar-refractivity contribution is -0.111. The maximum Gasteiger partial charge on any atom is 0.273 e. The van der Waals surface area contributed by atoms with Crippen molar-refractivity contribution in [1.29, 1.82) is 5.26 Å². The van der Waals surface area contributed by atoms with E-state index in [1.165, 1.54) is 11.7 Å². The summed E-state index contributed by atoms with van der Waals surface area (Å²) in [5, 5.41) is 13.1. The molecule has 0 atom stereocenters. The van der Waals surface area contributed by atoms with E-state index in [1.807, 2.05) is 18.2 Å². The maximum absolute atomic E-state index is 13.4. The predicted octanol–water partition coefficient (Wildman–Crippen LogP) is 3.70. The molecule has 34 heavy (non-hydrogen) atoms. The molecule has 0 spiro atoms. The summed E-state index contributed by atoms with van der Waals surface area (Å²) in [6.07, 6.45) is 1.66. The molecule has 1 aromatic heterocycles. The number of halogens is 1. The highest BCUT2D eigenvalue weighted by Crippen LogP contribution is 2.23. The number of ether oxygens (including phenoxy) is 1. The predicted molar refractivity (Wildman–Crippen MR) is 135 cm³/mol. The zero-order chi connectivity index (χ0) is 24.1. The zero-order valence-electron chi connectivity index (χ0n) is 18.0. The van der Waals surface area contributed by atoms with Crippen LogP contribution in [-0.2, 0) is 4.79 Å². The molecule has 1 heterocycles. The summed E-state index contributed by atoms with van der Waals surface area (Å²) in [5.74, 6) is -0.199. The minimum Gasteiger partial charge on any atom is -0.495 e. The summed E-state index contributed by atoms with van der Waals surface area (Å²) in [7, 11) is 1.49. The van der Waals surface area contributed by atoms with E-state index < -0.39 is 5.91 Å². The minimum absolute atomic E-state index is 0.198.